The summed E-state index contributed by atoms with van der Waals surface area (Å²) in [6.07, 6.45) is 0.515. The number of nitrogens with one attached hydrogen (secondary N) is 1. The van der Waals surface area contributed by atoms with Crippen LogP contribution in [0.4, 0.5) is 0 Å². The predicted octanol–water partition coefficient (Wildman–Crippen LogP) is 1.03. The van der Waals surface area contributed by atoms with E-state index in [1.54, 1.807) is 20.8 Å². The SMILES string of the molecule is CC(C)(C)OC(=O)C[C@H](C=O)NCl. The number of carbonyl (C=O) groups excluding carboxylic acids is 2. The summed E-state index contributed by atoms with van der Waals surface area (Å²) in [5.41, 5.74) is -0.531. The standard InChI is InChI=1S/C8H14ClNO3/c1-8(2,3)13-7(12)4-6(5-11)10-9/h5-6,10H,4H2,1-3H3/t6-/m1/s1. The zero-order chi connectivity index (χ0) is 10.5. The van der Waals surface area contributed by atoms with Crippen LogP contribution in [0.25, 0.3) is 0 Å². The Kier molecular flexibility index (Phi) is 4.95. The van der Waals surface area contributed by atoms with E-state index in [4.69, 9.17) is 16.5 Å². The molecule has 4 nitrogen and oxygen atoms in total. The van der Waals surface area contributed by atoms with E-state index in [0.717, 1.165) is 0 Å². The van der Waals surface area contributed by atoms with Crippen molar-refractivity contribution in [1.29, 1.82) is 0 Å². The molecule has 0 spiro atoms. The first-order valence-electron chi connectivity index (χ1n) is 3.92. The number of aldehydes is 1. The number of ether oxygens (including phenoxy) is 1. The Morgan fingerprint density at radius 2 is 2.15 bits per heavy atom. The van der Waals surface area contributed by atoms with Crippen LogP contribution in [-0.2, 0) is 14.3 Å². The Labute approximate surface area is 82.7 Å². The zero-order valence-corrected chi connectivity index (χ0v) is 8.72. The summed E-state index contributed by atoms with van der Waals surface area (Å²) in [5, 5.41) is 0. The van der Waals surface area contributed by atoms with Crippen molar-refractivity contribution in [2.24, 2.45) is 0 Å². The first-order chi connectivity index (χ1) is 5.89. The maximum absolute atomic E-state index is 11.1. The first kappa shape index (κ1) is 12.4. The molecule has 0 heterocycles. The third-order valence-corrected chi connectivity index (χ3v) is 1.39. The van der Waals surface area contributed by atoms with Gasteiger partial charge in [-0.05, 0) is 32.5 Å². The van der Waals surface area contributed by atoms with Crippen LogP contribution >= 0.6 is 11.8 Å². The minimum absolute atomic E-state index is 0.0513. The highest BCUT2D eigenvalue weighted by Crippen LogP contribution is 2.08. The molecule has 0 aromatic heterocycles. The van der Waals surface area contributed by atoms with Gasteiger partial charge in [0.25, 0.3) is 0 Å². The molecule has 0 unspecified atom stereocenters. The molecule has 0 fully saturated rings. The molecule has 0 bridgehead atoms. The van der Waals surface area contributed by atoms with E-state index in [-0.39, 0.29) is 6.42 Å². The van der Waals surface area contributed by atoms with Gasteiger partial charge in [0.2, 0.25) is 0 Å². The first-order valence-corrected chi connectivity index (χ1v) is 4.30. The van der Waals surface area contributed by atoms with E-state index in [1.165, 1.54) is 0 Å². The van der Waals surface area contributed by atoms with Crippen molar-refractivity contribution < 1.29 is 14.3 Å². The number of hydrogen-bond donors (Lipinski definition) is 1. The average molecular weight is 208 g/mol. The fourth-order valence-electron chi connectivity index (χ4n) is 0.675. The Morgan fingerprint density at radius 1 is 1.62 bits per heavy atom. The van der Waals surface area contributed by atoms with Gasteiger partial charge in [-0.3, -0.25) is 4.79 Å². The molecule has 0 saturated heterocycles. The van der Waals surface area contributed by atoms with E-state index in [2.05, 4.69) is 4.84 Å². The largest absolute Gasteiger partial charge is 0.460 e. The second-order valence-electron chi connectivity index (χ2n) is 3.64. The molecule has 0 amide bonds. The summed E-state index contributed by atoms with van der Waals surface area (Å²) in [6, 6.07) is -0.684. The molecule has 0 aliphatic rings. The third kappa shape index (κ3) is 6.54. The number of carbonyl (C=O) groups is 2. The number of hydrogen-bond acceptors (Lipinski definition) is 4. The smallest absolute Gasteiger partial charge is 0.308 e. The number of rotatable bonds is 4. The summed E-state index contributed by atoms with van der Waals surface area (Å²) < 4.78 is 4.98. The van der Waals surface area contributed by atoms with Crippen molar-refractivity contribution in [3.63, 3.8) is 0 Å². The third-order valence-electron chi connectivity index (χ3n) is 1.11. The van der Waals surface area contributed by atoms with Gasteiger partial charge in [0.15, 0.2) is 0 Å². The van der Waals surface area contributed by atoms with Gasteiger partial charge in [0.1, 0.15) is 11.9 Å². The van der Waals surface area contributed by atoms with Crippen molar-refractivity contribution in [2.45, 2.75) is 38.8 Å². The molecular formula is C8H14ClNO3. The minimum atomic E-state index is -0.684. The lowest BCUT2D eigenvalue weighted by atomic mass is 10.2. The number of halogens is 1. The molecule has 0 aliphatic heterocycles. The summed E-state index contributed by atoms with van der Waals surface area (Å²) in [5.74, 6) is -0.447. The molecule has 5 heteroatoms. The molecule has 0 aliphatic carbocycles. The molecule has 0 aromatic carbocycles. The van der Waals surface area contributed by atoms with Gasteiger partial charge in [-0.2, -0.15) is 0 Å². The van der Waals surface area contributed by atoms with E-state index < -0.39 is 17.6 Å². The zero-order valence-electron chi connectivity index (χ0n) is 7.96. The number of esters is 1. The second-order valence-corrected chi connectivity index (χ2v) is 3.86. The van der Waals surface area contributed by atoms with E-state index in [9.17, 15) is 9.59 Å². The molecule has 0 saturated carbocycles. The lowest BCUT2D eigenvalue weighted by Gasteiger charge is -2.20. The van der Waals surface area contributed by atoms with E-state index in [0.29, 0.717) is 6.29 Å². The average Bonchev–Trinajstić information content (AvgIpc) is 1.96. The van der Waals surface area contributed by atoms with Crippen LogP contribution in [0.1, 0.15) is 27.2 Å². The van der Waals surface area contributed by atoms with E-state index >= 15 is 0 Å². The molecule has 0 rings (SSSR count). The van der Waals surface area contributed by atoms with Crippen molar-refractivity contribution in [1.82, 2.24) is 4.84 Å². The quantitative estimate of drug-likeness (QED) is 0.425. The van der Waals surface area contributed by atoms with Crippen LogP contribution in [0.5, 0.6) is 0 Å². The van der Waals surface area contributed by atoms with Crippen molar-refractivity contribution in [2.75, 3.05) is 0 Å². The minimum Gasteiger partial charge on any atom is -0.460 e. The van der Waals surface area contributed by atoms with Crippen LogP contribution in [0.15, 0.2) is 0 Å². The highest BCUT2D eigenvalue weighted by Gasteiger charge is 2.19. The topological polar surface area (TPSA) is 55.4 Å². The van der Waals surface area contributed by atoms with Gasteiger partial charge in [-0.1, -0.05) is 0 Å². The highest BCUT2D eigenvalue weighted by molar-refractivity contribution is 6.14. The summed E-state index contributed by atoms with van der Waals surface area (Å²) in [6.45, 7) is 5.28. The molecule has 13 heavy (non-hydrogen) atoms. The van der Waals surface area contributed by atoms with Gasteiger partial charge in [0.05, 0.1) is 12.5 Å². The van der Waals surface area contributed by atoms with Gasteiger partial charge < -0.3 is 9.53 Å². The van der Waals surface area contributed by atoms with Crippen molar-refractivity contribution in [3.05, 3.63) is 0 Å². The van der Waals surface area contributed by atoms with Crippen molar-refractivity contribution in [3.8, 4) is 0 Å². The van der Waals surface area contributed by atoms with Crippen LogP contribution < -0.4 is 4.84 Å². The maximum Gasteiger partial charge on any atom is 0.308 e. The van der Waals surface area contributed by atoms with Gasteiger partial charge in [0, 0.05) is 0 Å². The highest BCUT2D eigenvalue weighted by atomic mass is 35.5. The van der Waals surface area contributed by atoms with Crippen LogP contribution in [0.3, 0.4) is 0 Å². The fourth-order valence-corrected chi connectivity index (χ4v) is 0.804. The summed E-state index contributed by atoms with van der Waals surface area (Å²) in [7, 11) is 0. The lowest BCUT2D eigenvalue weighted by Crippen LogP contribution is -2.31. The Hall–Kier alpha value is -0.610. The lowest BCUT2D eigenvalue weighted by molar-refractivity contribution is -0.155. The van der Waals surface area contributed by atoms with Crippen LogP contribution in [0, 0.1) is 0 Å². The summed E-state index contributed by atoms with van der Waals surface area (Å²) >= 11 is 5.19. The molecule has 76 valence electrons. The van der Waals surface area contributed by atoms with Crippen molar-refractivity contribution >= 4 is 24.0 Å². The molecular weight excluding hydrogens is 194 g/mol. The molecule has 0 radical (unpaired) electrons. The Bertz CT molecular complexity index is 188. The van der Waals surface area contributed by atoms with Gasteiger partial charge >= 0.3 is 5.97 Å². The monoisotopic (exact) mass is 207 g/mol. The van der Waals surface area contributed by atoms with Crippen LogP contribution in [-0.4, -0.2) is 23.9 Å². The predicted molar refractivity (Wildman–Crippen MR) is 49.3 cm³/mol. The Morgan fingerprint density at radius 3 is 2.46 bits per heavy atom. The van der Waals surface area contributed by atoms with Gasteiger partial charge in [-0.25, -0.2) is 4.84 Å². The Balaban J connectivity index is 3.93. The fraction of sp³-hybridized carbons (Fsp3) is 0.750. The van der Waals surface area contributed by atoms with Gasteiger partial charge in [-0.15, -0.1) is 0 Å². The maximum atomic E-state index is 11.1. The van der Waals surface area contributed by atoms with Crippen LogP contribution in [0.2, 0.25) is 0 Å². The molecule has 0 aromatic rings. The van der Waals surface area contributed by atoms with E-state index in [1.807, 2.05) is 0 Å². The molecule has 1 atom stereocenters. The second kappa shape index (κ2) is 5.19. The normalized spacial score (nSPS) is 13.5. The summed E-state index contributed by atoms with van der Waals surface area (Å²) in [4.78, 5) is 23.6. The molecule has 1 N–H and O–H groups in total.